The van der Waals surface area contributed by atoms with E-state index in [1.165, 1.54) is 25.9 Å². The zero-order valence-corrected chi connectivity index (χ0v) is 8.06. The van der Waals surface area contributed by atoms with Crippen LogP contribution in [0.2, 0.25) is 0 Å². The molecule has 0 amide bonds. The lowest BCUT2D eigenvalue weighted by atomic mass is 9.82. The molecule has 2 unspecified atom stereocenters. The molecule has 0 aromatic carbocycles. The molecular formula is C10H21N. The summed E-state index contributed by atoms with van der Waals surface area (Å²) < 4.78 is 0. The average Bonchev–Trinajstić information content (AvgIpc) is 1.93. The van der Waals surface area contributed by atoms with Gasteiger partial charge >= 0.3 is 0 Å². The van der Waals surface area contributed by atoms with E-state index in [9.17, 15) is 0 Å². The molecule has 1 N–H and O–H groups in total. The maximum Gasteiger partial charge on any atom is -0.00205 e. The summed E-state index contributed by atoms with van der Waals surface area (Å²) in [7, 11) is 0. The molecule has 0 saturated carbocycles. The van der Waals surface area contributed by atoms with E-state index in [-0.39, 0.29) is 0 Å². The maximum atomic E-state index is 3.44. The second-order valence-corrected chi connectivity index (χ2v) is 4.36. The van der Waals surface area contributed by atoms with Crippen LogP contribution in [0.1, 0.15) is 33.6 Å². The Hall–Kier alpha value is -0.0400. The Balaban J connectivity index is 2.29. The summed E-state index contributed by atoms with van der Waals surface area (Å²) >= 11 is 0. The Bertz CT molecular complexity index is 109. The van der Waals surface area contributed by atoms with Crippen molar-refractivity contribution in [3.8, 4) is 0 Å². The first-order valence-corrected chi connectivity index (χ1v) is 4.91. The van der Waals surface area contributed by atoms with E-state index in [2.05, 4.69) is 26.1 Å². The number of hydrogen-bond donors (Lipinski definition) is 1. The Morgan fingerprint density at radius 1 is 1.45 bits per heavy atom. The largest absolute Gasteiger partial charge is 0.316 e. The highest BCUT2D eigenvalue weighted by atomic mass is 14.9. The van der Waals surface area contributed by atoms with Gasteiger partial charge in [-0.05, 0) is 43.7 Å². The van der Waals surface area contributed by atoms with Crippen LogP contribution >= 0.6 is 0 Å². The van der Waals surface area contributed by atoms with Gasteiger partial charge in [-0.15, -0.1) is 0 Å². The summed E-state index contributed by atoms with van der Waals surface area (Å²) in [6.45, 7) is 9.50. The van der Waals surface area contributed by atoms with Crippen molar-refractivity contribution in [2.24, 2.45) is 17.8 Å². The third-order valence-corrected chi connectivity index (χ3v) is 2.74. The fourth-order valence-electron chi connectivity index (χ4n) is 2.02. The second-order valence-electron chi connectivity index (χ2n) is 4.36. The number of hydrogen-bond acceptors (Lipinski definition) is 1. The lowest BCUT2D eigenvalue weighted by Gasteiger charge is -2.30. The predicted octanol–water partition coefficient (Wildman–Crippen LogP) is 2.28. The highest BCUT2D eigenvalue weighted by Gasteiger charge is 2.21. The molecule has 0 aromatic rings. The van der Waals surface area contributed by atoms with Crippen molar-refractivity contribution in [2.45, 2.75) is 33.6 Å². The van der Waals surface area contributed by atoms with Gasteiger partial charge < -0.3 is 5.32 Å². The Morgan fingerprint density at radius 2 is 2.18 bits per heavy atom. The summed E-state index contributed by atoms with van der Waals surface area (Å²) in [5, 5.41) is 3.44. The van der Waals surface area contributed by atoms with E-state index in [1.54, 1.807) is 0 Å². The molecule has 1 saturated heterocycles. The smallest absolute Gasteiger partial charge is 0.00205 e. The first-order valence-electron chi connectivity index (χ1n) is 4.91. The van der Waals surface area contributed by atoms with Crippen LogP contribution in [0.3, 0.4) is 0 Å². The van der Waals surface area contributed by atoms with Gasteiger partial charge in [-0.1, -0.05) is 20.8 Å². The summed E-state index contributed by atoms with van der Waals surface area (Å²) in [6.07, 6.45) is 2.81. The van der Waals surface area contributed by atoms with Crippen molar-refractivity contribution in [1.29, 1.82) is 0 Å². The van der Waals surface area contributed by atoms with Crippen molar-refractivity contribution in [1.82, 2.24) is 5.32 Å². The quantitative estimate of drug-likeness (QED) is 0.645. The fraction of sp³-hybridized carbons (Fsp3) is 1.00. The topological polar surface area (TPSA) is 12.0 Å². The molecular weight excluding hydrogens is 134 g/mol. The van der Waals surface area contributed by atoms with E-state index < -0.39 is 0 Å². The predicted molar refractivity (Wildman–Crippen MR) is 49.6 cm³/mol. The zero-order valence-electron chi connectivity index (χ0n) is 8.06. The Kier molecular flexibility index (Phi) is 3.38. The molecule has 0 aliphatic carbocycles. The molecule has 1 heterocycles. The first kappa shape index (κ1) is 9.05. The molecule has 0 aromatic heterocycles. The van der Waals surface area contributed by atoms with Crippen molar-refractivity contribution >= 4 is 0 Å². The minimum atomic E-state index is 0.876. The van der Waals surface area contributed by atoms with Crippen LogP contribution in [0.25, 0.3) is 0 Å². The molecule has 2 atom stereocenters. The first-order chi connectivity index (χ1) is 5.20. The molecule has 1 heteroatoms. The van der Waals surface area contributed by atoms with Gasteiger partial charge in [0.15, 0.2) is 0 Å². The molecule has 1 rings (SSSR count). The lowest BCUT2D eigenvalue weighted by molar-refractivity contribution is 0.235. The van der Waals surface area contributed by atoms with Crippen LogP contribution in [0, 0.1) is 17.8 Å². The summed E-state index contributed by atoms with van der Waals surface area (Å²) in [5.41, 5.74) is 0. The van der Waals surface area contributed by atoms with Gasteiger partial charge in [-0.2, -0.15) is 0 Å². The standard InChI is InChI=1S/C10H21N/c1-8(2)6-10-4-5-11-7-9(10)3/h8-11H,4-7H2,1-3H3. The lowest BCUT2D eigenvalue weighted by Crippen LogP contribution is -2.35. The van der Waals surface area contributed by atoms with E-state index in [4.69, 9.17) is 0 Å². The molecule has 66 valence electrons. The molecule has 1 fully saturated rings. The van der Waals surface area contributed by atoms with Crippen LogP contribution in [0.15, 0.2) is 0 Å². The normalized spacial score (nSPS) is 32.7. The van der Waals surface area contributed by atoms with Gasteiger partial charge in [0.1, 0.15) is 0 Å². The van der Waals surface area contributed by atoms with Crippen molar-refractivity contribution < 1.29 is 0 Å². The summed E-state index contributed by atoms with van der Waals surface area (Å²) in [6, 6.07) is 0. The molecule has 1 aliphatic rings. The van der Waals surface area contributed by atoms with Crippen LogP contribution < -0.4 is 5.32 Å². The molecule has 1 aliphatic heterocycles. The molecule has 0 bridgehead atoms. The summed E-state index contributed by atoms with van der Waals surface area (Å²) in [5.74, 6) is 2.75. The highest BCUT2D eigenvalue weighted by Crippen LogP contribution is 2.25. The monoisotopic (exact) mass is 155 g/mol. The van der Waals surface area contributed by atoms with Gasteiger partial charge in [-0.3, -0.25) is 0 Å². The zero-order chi connectivity index (χ0) is 8.27. The highest BCUT2D eigenvalue weighted by molar-refractivity contribution is 4.75. The van der Waals surface area contributed by atoms with E-state index >= 15 is 0 Å². The Morgan fingerprint density at radius 3 is 2.73 bits per heavy atom. The van der Waals surface area contributed by atoms with Gasteiger partial charge in [0.2, 0.25) is 0 Å². The number of piperidine rings is 1. The Labute approximate surface area is 70.6 Å². The molecule has 11 heavy (non-hydrogen) atoms. The minimum absolute atomic E-state index is 0.876. The van der Waals surface area contributed by atoms with Gasteiger partial charge in [-0.25, -0.2) is 0 Å². The minimum Gasteiger partial charge on any atom is -0.316 e. The van der Waals surface area contributed by atoms with Crippen LogP contribution in [-0.4, -0.2) is 13.1 Å². The number of rotatable bonds is 2. The van der Waals surface area contributed by atoms with Crippen molar-refractivity contribution in [3.05, 3.63) is 0 Å². The van der Waals surface area contributed by atoms with Gasteiger partial charge in [0, 0.05) is 0 Å². The van der Waals surface area contributed by atoms with Crippen molar-refractivity contribution in [2.75, 3.05) is 13.1 Å². The van der Waals surface area contributed by atoms with E-state index in [0.29, 0.717) is 0 Å². The summed E-state index contributed by atoms with van der Waals surface area (Å²) in [4.78, 5) is 0. The molecule has 1 nitrogen and oxygen atoms in total. The fourth-order valence-corrected chi connectivity index (χ4v) is 2.02. The van der Waals surface area contributed by atoms with Crippen molar-refractivity contribution in [3.63, 3.8) is 0 Å². The van der Waals surface area contributed by atoms with E-state index in [0.717, 1.165) is 17.8 Å². The average molecular weight is 155 g/mol. The van der Waals surface area contributed by atoms with Crippen LogP contribution in [0.5, 0.6) is 0 Å². The van der Waals surface area contributed by atoms with Crippen LogP contribution in [-0.2, 0) is 0 Å². The maximum absolute atomic E-state index is 3.44. The SMILES string of the molecule is CC(C)CC1CCNCC1C. The third-order valence-electron chi connectivity index (χ3n) is 2.74. The van der Waals surface area contributed by atoms with Gasteiger partial charge in [0.05, 0.1) is 0 Å². The molecule has 0 radical (unpaired) electrons. The van der Waals surface area contributed by atoms with E-state index in [1.807, 2.05) is 0 Å². The van der Waals surface area contributed by atoms with Gasteiger partial charge in [0.25, 0.3) is 0 Å². The molecule has 0 spiro atoms. The third kappa shape index (κ3) is 2.82. The van der Waals surface area contributed by atoms with Crippen LogP contribution in [0.4, 0.5) is 0 Å². The number of nitrogens with one attached hydrogen (secondary N) is 1. The second kappa shape index (κ2) is 4.10.